The van der Waals surface area contributed by atoms with Crippen LogP contribution in [-0.2, 0) is 27.2 Å². The van der Waals surface area contributed by atoms with E-state index in [9.17, 15) is 14.4 Å². The van der Waals surface area contributed by atoms with Crippen molar-refractivity contribution in [3.63, 3.8) is 0 Å². The van der Waals surface area contributed by atoms with E-state index in [2.05, 4.69) is 29.4 Å². The summed E-state index contributed by atoms with van der Waals surface area (Å²) in [5.41, 5.74) is 4.51. The van der Waals surface area contributed by atoms with Crippen LogP contribution in [-0.4, -0.2) is 40.4 Å². The maximum absolute atomic E-state index is 13.7. The lowest BCUT2D eigenvalue weighted by Gasteiger charge is -2.11. The van der Waals surface area contributed by atoms with E-state index in [0.717, 1.165) is 39.4 Å². The number of hydrogen-bond donors (Lipinski definition) is 2. The first-order valence-electron chi connectivity index (χ1n) is 13.4. The van der Waals surface area contributed by atoms with Gasteiger partial charge in [-0.3, -0.25) is 23.4 Å². The molecular formula is C29H33N7O3. The summed E-state index contributed by atoms with van der Waals surface area (Å²) >= 11 is 0. The number of rotatable bonds is 7. The summed E-state index contributed by atoms with van der Waals surface area (Å²) < 4.78 is 6.39. The van der Waals surface area contributed by atoms with Gasteiger partial charge in [-0.15, -0.1) is 0 Å². The van der Waals surface area contributed by atoms with Crippen LogP contribution in [0.1, 0.15) is 48.2 Å². The third kappa shape index (κ3) is 4.29. The first-order valence-corrected chi connectivity index (χ1v) is 13.4. The molecule has 0 spiro atoms. The number of hydrogen-bond acceptors (Lipinski definition) is 4. The highest BCUT2D eigenvalue weighted by Crippen LogP contribution is 2.30. The maximum atomic E-state index is 13.7. The van der Waals surface area contributed by atoms with Gasteiger partial charge in [-0.05, 0) is 49.4 Å². The SMILES string of the molecule is Cc1ccc2[nH]cc(Cn3nc4c(c3-c3cc(C(=O)NC5CC5)cn3C)c(=O)n(C)c(=O)n4CC(C)C)c2c1. The van der Waals surface area contributed by atoms with Crippen LogP contribution in [0.3, 0.4) is 0 Å². The molecule has 6 rings (SSSR count). The van der Waals surface area contributed by atoms with Crippen LogP contribution in [0.15, 0.2) is 46.2 Å². The highest BCUT2D eigenvalue weighted by molar-refractivity contribution is 5.98. The number of aryl methyl sites for hydroxylation is 2. The zero-order valence-corrected chi connectivity index (χ0v) is 22.9. The molecule has 1 aliphatic rings. The minimum Gasteiger partial charge on any atom is -0.361 e. The molecule has 1 fully saturated rings. The highest BCUT2D eigenvalue weighted by Gasteiger charge is 2.28. The summed E-state index contributed by atoms with van der Waals surface area (Å²) in [7, 11) is 3.36. The quantitative estimate of drug-likeness (QED) is 0.338. The van der Waals surface area contributed by atoms with Gasteiger partial charge in [0.05, 0.1) is 17.8 Å². The highest BCUT2D eigenvalue weighted by atomic mass is 16.2. The lowest BCUT2D eigenvalue weighted by Crippen LogP contribution is -2.38. The molecule has 1 amide bonds. The summed E-state index contributed by atoms with van der Waals surface area (Å²) in [5, 5.41) is 9.38. The average molecular weight is 528 g/mol. The molecular weight excluding hydrogens is 494 g/mol. The molecule has 2 N–H and O–H groups in total. The number of nitrogens with one attached hydrogen (secondary N) is 2. The predicted octanol–water partition coefficient (Wildman–Crippen LogP) is 3.29. The minimum absolute atomic E-state index is 0.133. The van der Waals surface area contributed by atoms with Gasteiger partial charge in [0.25, 0.3) is 11.5 Å². The number of fused-ring (bicyclic) bond motifs is 2. The second-order valence-corrected chi connectivity index (χ2v) is 11.2. The molecule has 39 heavy (non-hydrogen) atoms. The van der Waals surface area contributed by atoms with Crippen LogP contribution in [0.2, 0.25) is 0 Å². The van der Waals surface area contributed by atoms with Gasteiger partial charge in [-0.2, -0.15) is 5.10 Å². The fourth-order valence-electron chi connectivity index (χ4n) is 5.27. The van der Waals surface area contributed by atoms with Crippen molar-refractivity contribution in [1.29, 1.82) is 0 Å². The zero-order valence-electron chi connectivity index (χ0n) is 22.9. The fraction of sp³-hybridized carbons (Fsp3) is 0.379. The Hall–Kier alpha value is -4.34. The third-order valence-electron chi connectivity index (χ3n) is 7.44. The van der Waals surface area contributed by atoms with Gasteiger partial charge < -0.3 is 14.9 Å². The summed E-state index contributed by atoms with van der Waals surface area (Å²) in [5.74, 6) is 0.0350. The van der Waals surface area contributed by atoms with Crippen molar-refractivity contribution in [3.8, 4) is 11.4 Å². The van der Waals surface area contributed by atoms with Crippen molar-refractivity contribution in [2.45, 2.75) is 52.7 Å². The molecule has 0 bridgehead atoms. The molecule has 0 unspecified atom stereocenters. The summed E-state index contributed by atoms with van der Waals surface area (Å²) in [6.45, 7) is 6.90. The molecule has 1 saturated carbocycles. The van der Waals surface area contributed by atoms with Gasteiger partial charge in [-0.1, -0.05) is 25.5 Å². The average Bonchev–Trinajstić information content (AvgIpc) is 3.32. The molecule has 5 aromatic rings. The van der Waals surface area contributed by atoms with Crippen molar-refractivity contribution in [2.75, 3.05) is 0 Å². The van der Waals surface area contributed by atoms with Crippen molar-refractivity contribution in [1.82, 2.24) is 33.8 Å². The largest absolute Gasteiger partial charge is 0.361 e. The molecule has 4 aromatic heterocycles. The summed E-state index contributed by atoms with van der Waals surface area (Å²) in [6, 6.07) is 8.27. The Morgan fingerprint density at radius 1 is 1.18 bits per heavy atom. The number of carbonyl (C=O) groups is 1. The second-order valence-electron chi connectivity index (χ2n) is 11.2. The lowest BCUT2D eigenvalue weighted by molar-refractivity contribution is 0.0951. The number of benzene rings is 1. The van der Waals surface area contributed by atoms with Gasteiger partial charge in [-0.25, -0.2) is 4.79 Å². The molecule has 1 aliphatic carbocycles. The molecule has 202 valence electrons. The molecule has 0 radical (unpaired) electrons. The lowest BCUT2D eigenvalue weighted by atomic mass is 10.1. The van der Waals surface area contributed by atoms with Crippen LogP contribution in [0.4, 0.5) is 0 Å². The van der Waals surface area contributed by atoms with E-state index in [4.69, 9.17) is 5.10 Å². The Balaban J connectivity index is 1.60. The number of H-pyrrole nitrogens is 1. The van der Waals surface area contributed by atoms with Crippen LogP contribution >= 0.6 is 0 Å². The number of nitrogens with zero attached hydrogens (tertiary/aromatic N) is 5. The van der Waals surface area contributed by atoms with Crippen molar-refractivity contribution in [2.24, 2.45) is 20.0 Å². The van der Waals surface area contributed by atoms with Gasteiger partial charge in [0.2, 0.25) is 0 Å². The Morgan fingerprint density at radius 3 is 2.67 bits per heavy atom. The van der Waals surface area contributed by atoms with Crippen LogP contribution in [0.25, 0.3) is 33.3 Å². The second kappa shape index (κ2) is 9.14. The van der Waals surface area contributed by atoms with E-state index >= 15 is 0 Å². The number of amides is 1. The van der Waals surface area contributed by atoms with E-state index in [1.807, 2.05) is 37.7 Å². The number of aromatic amines is 1. The minimum atomic E-state index is -0.406. The molecule has 0 aliphatic heterocycles. The van der Waals surface area contributed by atoms with Gasteiger partial charge in [0, 0.05) is 50.0 Å². The third-order valence-corrected chi connectivity index (χ3v) is 7.44. The molecule has 0 atom stereocenters. The van der Waals surface area contributed by atoms with Crippen LogP contribution in [0.5, 0.6) is 0 Å². The fourth-order valence-corrected chi connectivity index (χ4v) is 5.27. The Bertz CT molecular complexity index is 1870. The standard InChI is InChI=1S/C29H33N7O3/c1-16(2)13-35-26-24(28(38)34(5)29(35)39)25(23-11-18(14-33(23)4)27(37)31-20-7-8-20)36(32-26)15-19-12-30-22-9-6-17(3)10-21(19)22/h6,9-12,14,16,20,30H,7-8,13,15H2,1-5H3,(H,31,37). The monoisotopic (exact) mass is 527 g/mol. The first kappa shape index (κ1) is 25.0. The van der Waals surface area contributed by atoms with Gasteiger partial charge >= 0.3 is 5.69 Å². The van der Waals surface area contributed by atoms with Crippen LogP contribution in [0, 0.1) is 12.8 Å². The molecule has 10 heteroatoms. The van der Waals surface area contributed by atoms with Crippen molar-refractivity contribution >= 4 is 27.8 Å². The first-order chi connectivity index (χ1) is 18.6. The van der Waals surface area contributed by atoms with E-state index in [1.54, 1.807) is 21.5 Å². The van der Waals surface area contributed by atoms with Gasteiger partial charge in [0.1, 0.15) is 11.1 Å². The molecule has 1 aromatic carbocycles. The summed E-state index contributed by atoms with van der Waals surface area (Å²) in [4.78, 5) is 43.1. The van der Waals surface area contributed by atoms with E-state index in [1.165, 1.54) is 7.05 Å². The van der Waals surface area contributed by atoms with E-state index in [0.29, 0.717) is 41.1 Å². The number of carbonyl (C=O) groups excluding carboxylic acids is 1. The molecule has 4 heterocycles. The Labute approximate surface area is 224 Å². The van der Waals surface area contributed by atoms with E-state index < -0.39 is 11.2 Å². The molecule has 0 saturated heterocycles. The smallest absolute Gasteiger partial charge is 0.332 e. The maximum Gasteiger partial charge on any atom is 0.332 e. The summed E-state index contributed by atoms with van der Waals surface area (Å²) in [6.07, 6.45) is 5.73. The van der Waals surface area contributed by atoms with Crippen molar-refractivity contribution in [3.05, 3.63) is 74.2 Å². The van der Waals surface area contributed by atoms with Crippen molar-refractivity contribution < 1.29 is 4.79 Å². The van der Waals surface area contributed by atoms with Gasteiger partial charge in [0.15, 0.2) is 5.65 Å². The zero-order chi connectivity index (χ0) is 27.6. The van der Waals surface area contributed by atoms with E-state index in [-0.39, 0.29) is 17.9 Å². The normalized spacial score (nSPS) is 13.7. The number of aromatic nitrogens is 6. The molecule has 10 nitrogen and oxygen atoms in total. The Kier molecular flexibility index (Phi) is 5.85. The Morgan fingerprint density at radius 2 is 1.95 bits per heavy atom. The topological polar surface area (TPSA) is 112 Å². The predicted molar refractivity (Wildman–Crippen MR) is 151 cm³/mol. The van der Waals surface area contributed by atoms with Crippen LogP contribution < -0.4 is 16.6 Å².